The number of aryl methyl sites for hydroxylation is 1. The number of fused-ring (bicyclic) bond motifs is 1. The molecule has 1 N–H and O–H groups in total. The van der Waals surface area contributed by atoms with Crippen molar-refractivity contribution in [1.29, 1.82) is 5.26 Å². The molecule has 1 aliphatic rings. The first kappa shape index (κ1) is 14.9. The molecule has 1 aliphatic heterocycles. The molecule has 5 nitrogen and oxygen atoms in total. The van der Waals surface area contributed by atoms with Gasteiger partial charge in [-0.25, -0.2) is 0 Å². The van der Waals surface area contributed by atoms with E-state index in [1.807, 2.05) is 24.3 Å². The van der Waals surface area contributed by atoms with E-state index in [4.69, 9.17) is 0 Å². The number of nitrogens with zero attached hydrogens (tertiary/aromatic N) is 3. The molecule has 0 saturated carbocycles. The van der Waals surface area contributed by atoms with E-state index in [-0.39, 0.29) is 11.1 Å². The fourth-order valence-corrected chi connectivity index (χ4v) is 4.05. The van der Waals surface area contributed by atoms with Crippen molar-refractivity contribution in [3.8, 4) is 6.07 Å². The minimum atomic E-state index is -0.276. The minimum Gasteiger partial charge on any atom is -0.310 e. The van der Waals surface area contributed by atoms with Gasteiger partial charge >= 0.3 is 0 Å². The predicted octanol–water partition coefficient (Wildman–Crippen LogP) is 0.953. The lowest BCUT2D eigenvalue weighted by Gasteiger charge is -2.30. The van der Waals surface area contributed by atoms with E-state index >= 15 is 0 Å². The summed E-state index contributed by atoms with van der Waals surface area (Å²) < 4.78 is 1.46. The normalized spacial score (nSPS) is 20.5. The molecule has 1 unspecified atom stereocenters. The SMILES string of the molecule is Cc1nn(C[NH+]2CCc3sccc3[C@@H]2C)c(=O)c(C#N)c1C. The highest BCUT2D eigenvalue weighted by molar-refractivity contribution is 7.10. The monoisotopic (exact) mass is 315 g/mol. The van der Waals surface area contributed by atoms with E-state index in [0.717, 1.165) is 18.7 Å². The number of aromatic nitrogens is 2. The average molecular weight is 315 g/mol. The second kappa shape index (κ2) is 5.67. The van der Waals surface area contributed by atoms with Gasteiger partial charge in [-0.15, -0.1) is 11.3 Å². The van der Waals surface area contributed by atoms with Crippen LogP contribution in [0.25, 0.3) is 0 Å². The molecule has 3 rings (SSSR count). The zero-order valence-corrected chi connectivity index (χ0v) is 13.8. The molecule has 6 heteroatoms. The molecule has 22 heavy (non-hydrogen) atoms. The Hall–Kier alpha value is -1.97. The number of nitrogens with one attached hydrogen (secondary N) is 1. The lowest BCUT2D eigenvalue weighted by molar-refractivity contribution is -0.954. The van der Waals surface area contributed by atoms with Gasteiger partial charge in [0, 0.05) is 16.9 Å². The molecule has 114 valence electrons. The van der Waals surface area contributed by atoms with Gasteiger partial charge in [-0.1, -0.05) is 0 Å². The van der Waals surface area contributed by atoms with Crippen molar-refractivity contribution in [3.05, 3.63) is 49.1 Å². The Labute approximate surface area is 133 Å². The van der Waals surface area contributed by atoms with Gasteiger partial charge in [0.2, 0.25) is 0 Å². The third-order valence-corrected chi connectivity index (χ3v) is 5.63. The van der Waals surface area contributed by atoms with Crippen molar-refractivity contribution in [1.82, 2.24) is 9.78 Å². The van der Waals surface area contributed by atoms with Crippen LogP contribution in [0.3, 0.4) is 0 Å². The molecular weight excluding hydrogens is 296 g/mol. The lowest BCUT2D eigenvalue weighted by Crippen LogP contribution is -3.12. The fourth-order valence-electron chi connectivity index (χ4n) is 3.07. The minimum absolute atomic E-state index is 0.216. The maximum atomic E-state index is 12.4. The summed E-state index contributed by atoms with van der Waals surface area (Å²) in [5, 5.41) is 15.7. The van der Waals surface area contributed by atoms with Crippen LogP contribution in [0.1, 0.15) is 40.2 Å². The van der Waals surface area contributed by atoms with E-state index in [1.165, 1.54) is 20.0 Å². The third-order valence-electron chi connectivity index (χ3n) is 4.63. The maximum absolute atomic E-state index is 12.4. The van der Waals surface area contributed by atoms with E-state index in [9.17, 15) is 10.1 Å². The van der Waals surface area contributed by atoms with Gasteiger partial charge in [0.05, 0.1) is 12.2 Å². The summed E-state index contributed by atoms with van der Waals surface area (Å²) in [4.78, 5) is 15.2. The van der Waals surface area contributed by atoms with Crippen molar-refractivity contribution in [2.45, 2.75) is 39.9 Å². The first-order valence-corrected chi connectivity index (χ1v) is 8.30. The molecule has 0 spiro atoms. The van der Waals surface area contributed by atoms with Crippen molar-refractivity contribution >= 4 is 11.3 Å². The Morgan fingerprint density at radius 3 is 3.05 bits per heavy atom. The van der Waals surface area contributed by atoms with Crippen LogP contribution in [0.2, 0.25) is 0 Å². The standard InChI is InChI=1S/C16H18N4OS/c1-10-11(2)18-20(16(21)14(10)8-17)9-19-6-4-15-13(12(19)3)5-7-22-15/h5,7,12H,4,6,9H2,1-3H3/p+1/t12-/m0/s1. The van der Waals surface area contributed by atoms with Gasteiger partial charge < -0.3 is 4.90 Å². The van der Waals surface area contributed by atoms with Crippen molar-refractivity contribution in [3.63, 3.8) is 0 Å². The zero-order chi connectivity index (χ0) is 15.9. The first-order chi connectivity index (χ1) is 10.5. The first-order valence-electron chi connectivity index (χ1n) is 7.42. The summed E-state index contributed by atoms with van der Waals surface area (Å²) in [5.74, 6) is 0. The second-order valence-corrected chi connectivity index (χ2v) is 6.84. The van der Waals surface area contributed by atoms with E-state index in [2.05, 4.69) is 23.5 Å². The van der Waals surface area contributed by atoms with Crippen LogP contribution < -0.4 is 10.5 Å². The summed E-state index contributed by atoms with van der Waals surface area (Å²) in [6, 6.07) is 4.55. The summed E-state index contributed by atoms with van der Waals surface area (Å²) in [5.41, 5.74) is 2.75. The smallest absolute Gasteiger partial charge is 0.289 e. The summed E-state index contributed by atoms with van der Waals surface area (Å²) >= 11 is 1.81. The van der Waals surface area contributed by atoms with Crippen molar-refractivity contribution in [2.24, 2.45) is 0 Å². The van der Waals surface area contributed by atoms with Crippen LogP contribution in [0.5, 0.6) is 0 Å². The molecule has 2 aromatic rings. The molecule has 3 heterocycles. The van der Waals surface area contributed by atoms with Crippen molar-refractivity contribution in [2.75, 3.05) is 6.54 Å². The van der Waals surface area contributed by atoms with Crippen LogP contribution in [0.4, 0.5) is 0 Å². The highest BCUT2D eigenvalue weighted by Gasteiger charge is 2.29. The number of hydrogen-bond donors (Lipinski definition) is 1. The number of quaternary nitrogens is 1. The Morgan fingerprint density at radius 2 is 2.32 bits per heavy atom. The Kier molecular flexibility index (Phi) is 3.85. The fraction of sp³-hybridized carbons (Fsp3) is 0.438. The molecule has 0 aromatic carbocycles. The van der Waals surface area contributed by atoms with Crippen LogP contribution in [-0.4, -0.2) is 16.3 Å². The number of rotatable bonds is 2. The number of nitriles is 1. The quantitative estimate of drug-likeness (QED) is 0.897. The van der Waals surface area contributed by atoms with Gasteiger partial charge in [-0.3, -0.25) is 4.79 Å². The molecule has 0 saturated heterocycles. The molecule has 0 amide bonds. The summed E-state index contributed by atoms with van der Waals surface area (Å²) in [6.45, 7) is 7.30. The molecule has 2 atom stereocenters. The lowest BCUT2D eigenvalue weighted by atomic mass is 10.0. The average Bonchev–Trinajstić information content (AvgIpc) is 2.97. The van der Waals surface area contributed by atoms with Crippen LogP contribution in [0, 0.1) is 25.2 Å². The van der Waals surface area contributed by atoms with Crippen LogP contribution in [-0.2, 0) is 13.1 Å². The van der Waals surface area contributed by atoms with Crippen LogP contribution in [0.15, 0.2) is 16.2 Å². The summed E-state index contributed by atoms with van der Waals surface area (Å²) in [6.07, 6.45) is 1.04. The van der Waals surface area contributed by atoms with Gasteiger partial charge in [0.15, 0.2) is 6.67 Å². The Bertz CT molecular complexity index is 815. The molecule has 2 aromatic heterocycles. The Balaban J connectivity index is 1.94. The number of thiophene rings is 1. The summed E-state index contributed by atoms with van der Waals surface area (Å²) in [7, 11) is 0. The molecule has 0 aliphatic carbocycles. The molecule has 0 radical (unpaired) electrons. The van der Waals surface area contributed by atoms with E-state index in [1.54, 1.807) is 6.92 Å². The van der Waals surface area contributed by atoms with Gasteiger partial charge in [-0.2, -0.15) is 15.0 Å². The van der Waals surface area contributed by atoms with Crippen LogP contribution >= 0.6 is 11.3 Å². The van der Waals surface area contributed by atoms with Gasteiger partial charge in [0.1, 0.15) is 17.7 Å². The largest absolute Gasteiger partial charge is 0.310 e. The van der Waals surface area contributed by atoms with E-state index < -0.39 is 0 Å². The molecular formula is C16H19N4OS+. The highest BCUT2D eigenvalue weighted by Crippen LogP contribution is 2.24. The maximum Gasteiger partial charge on any atom is 0.289 e. The zero-order valence-electron chi connectivity index (χ0n) is 13.0. The van der Waals surface area contributed by atoms with Gasteiger partial charge in [-0.05, 0) is 37.8 Å². The Morgan fingerprint density at radius 1 is 1.55 bits per heavy atom. The third kappa shape index (κ3) is 2.36. The van der Waals surface area contributed by atoms with Crippen molar-refractivity contribution < 1.29 is 4.90 Å². The molecule has 0 bridgehead atoms. The molecule has 0 fully saturated rings. The highest BCUT2D eigenvalue weighted by atomic mass is 32.1. The second-order valence-electron chi connectivity index (χ2n) is 5.84. The van der Waals surface area contributed by atoms with E-state index in [0.29, 0.717) is 18.3 Å². The van der Waals surface area contributed by atoms with Gasteiger partial charge in [0.25, 0.3) is 5.56 Å². The topological polar surface area (TPSA) is 63.1 Å². The number of hydrogen-bond acceptors (Lipinski definition) is 4. The predicted molar refractivity (Wildman–Crippen MR) is 85.0 cm³/mol.